The van der Waals surface area contributed by atoms with Crippen LogP contribution in [0.4, 0.5) is 9.18 Å². The van der Waals surface area contributed by atoms with Crippen LogP contribution in [-0.2, 0) is 12.0 Å². The van der Waals surface area contributed by atoms with Gasteiger partial charge in [0.2, 0.25) is 0 Å². The van der Waals surface area contributed by atoms with Crippen molar-refractivity contribution in [2.45, 2.75) is 32.7 Å². The number of carbonyl (C=O) groups is 1. The molecule has 4 rings (SSSR count). The molecule has 0 bridgehead atoms. The summed E-state index contributed by atoms with van der Waals surface area (Å²) in [7, 11) is 0. The molecule has 1 aliphatic carbocycles. The van der Waals surface area contributed by atoms with E-state index in [1.54, 1.807) is 12.1 Å². The highest BCUT2D eigenvalue weighted by Gasteiger charge is 2.30. The van der Waals surface area contributed by atoms with Gasteiger partial charge < -0.3 is 10.6 Å². The lowest BCUT2D eigenvalue weighted by Gasteiger charge is -2.31. The number of fused-ring (bicyclic) bond motifs is 1. The zero-order chi connectivity index (χ0) is 22.1. The molecule has 2 amide bonds. The maximum Gasteiger partial charge on any atom is 0.315 e. The van der Waals surface area contributed by atoms with E-state index in [9.17, 15) is 9.18 Å². The zero-order valence-corrected chi connectivity index (χ0v) is 18.0. The molecule has 2 aromatic carbocycles. The minimum Gasteiger partial charge on any atom is -0.337 e. The van der Waals surface area contributed by atoms with Crippen molar-refractivity contribution in [2.75, 3.05) is 6.54 Å². The van der Waals surface area contributed by atoms with Gasteiger partial charge in [0.1, 0.15) is 5.82 Å². The van der Waals surface area contributed by atoms with Crippen LogP contribution in [0.15, 0.2) is 66.9 Å². The van der Waals surface area contributed by atoms with Crippen LogP contribution in [-0.4, -0.2) is 22.4 Å². The minimum atomic E-state index is -0.474. The highest BCUT2D eigenvalue weighted by molar-refractivity contribution is 5.75. The first-order valence-corrected chi connectivity index (χ1v) is 10.4. The summed E-state index contributed by atoms with van der Waals surface area (Å²) in [6, 6.07) is 16.0. The fraction of sp³-hybridized carbons (Fsp3) is 0.280. The second-order valence-corrected chi connectivity index (χ2v) is 8.91. The molecule has 2 N–H and O–H groups in total. The van der Waals surface area contributed by atoms with E-state index in [-0.39, 0.29) is 17.3 Å². The number of rotatable bonds is 5. The van der Waals surface area contributed by atoms with Crippen molar-refractivity contribution in [2.24, 2.45) is 5.41 Å². The SMILES string of the molecule is CC1(CNC(=O)NC(C)(C)c2ccccc2)C=Cc2c(cnn2-c2ccc(F)cc2)C1. The number of amides is 2. The number of urea groups is 1. The summed E-state index contributed by atoms with van der Waals surface area (Å²) in [5, 5.41) is 10.6. The smallest absolute Gasteiger partial charge is 0.315 e. The normalized spacial score (nSPS) is 17.8. The maximum absolute atomic E-state index is 13.2. The van der Waals surface area contributed by atoms with E-state index in [4.69, 9.17) is 0 Å². The predicted octanol–water partition coefficient (Wildman–Crippen LogP) is 4.82. The molecule has 160 valence electrons. The second-order valence-electron chi connectivity index (χ2n) is 8.91. The number of aromatic nitrogens is 2. The quantitative estimate of drug-likeness (QED) is 0.624. The van der Waals surface area contributed by atoms with Crippen LogP contribution >= 0.6 is 0 Å². The lowest BCUT2D eigenvalue weighted by molar-refractivity contribution is 0.225. The number of halogens is 1. The van der Waals surface area contributed by atoms with Gasteiger partial charge in [-0.05, 0) is 61.7 Å². The van der Waals surface area contributed by atoms with Gasteiger partial charge >= 0.3 is 6.03 Å². The van der Waals surface area contributed by atoms with Crippen molar-refractivity contribution in [3.05, 3.63) is 89.5 Å². The van der Waals surface area contributed by atoms with Gasteiger partial charge in [-0.3, -0.25) is 0 Å². The first kappa shape index (κ1) is 20.8. The van der Waals surface area contributed by atoms with Gasteiger partial charge in [0.05, 0.1) is 23.1 Å². The largest absolute Gasteiger partial charge is 0.337 e. The molecule has 0 spiro atoms. The van der Waals surface area contributed by atoms with Gasteiger partial charge in [-0.15, -0.1) is 0 Å². The molecule has 6 heteroatoms. The number of benzene rings is 2. The molecule has 3 aromatic rings. The van der Waals surface area contributed by atoms with Crippen molar-refractivity contribution in [1.29, 1.82) is 0 Å². The molecule has 5 nitrogen and oxygen atoms in total. The van der Waals surface area contributed by atoms with E-state index in [0.29, 0.717) is 6.54 Å². The van der Waals surface area contributed by atoms with Crippen molar-refractivity contribution in [1.82, 2.24) is 20.4 Å². The Labute approximate surface area is 182 Å². The summed E-state index contributed by atoms with van der Waals surface area (Å²) >= 11 is 0. The summed E-state index contributed by atoms with van der Waals surface area (Å²) in [4.78, 5) is 12.6. The maximum atomic E-state index is 13.2. The van der Waals surface area contributed by atoms with Crippen LogP contribution in [0.1, 0.15) is 37.6 Å². The third kappa shape index (κ3) is 4.53. The summed E-state index contributed by atoms with van der Waals surface area (Å²) in [6.45, 7) is 6.59. The topological polar surface area (TPSA) is 59.0 Å². The number of hydrogen-bond donors (Lipinski definition) is 2. The molecule has 0 aliphatic heterocycles. The minimum absolute atomic E-state index is 0.198. The first-order valence-electron chi connectivity index (χ1n) is 10.4. The molecule has 1 aliphatic rings. The number of nitrogens with zero attached hydrogens (tertiary/aromatic N) is 2. The van der Waals surface area contributed by atoms with E-state index in [2.05, 4.69) is 28.7 Å². The number of hydrogen-bond acceptors (Lipinski definition) is 2. The zero-order valence-electron chi connectivity index (χ0n) is 18.0. The highest BCUT2D eigenvalue weighted by atomic mass is 19.1. The monoisotopic (exact) mass is 418 g/mol. The Hall–Kier alpha value is -3.41. The number of nitrogens with one attached hydrogen (secondary N) is 2. The molecule has 0 fully saturated rings. The molecule has 0 saturated heterocycles. The van der Waals surface area contributed by atoms with Crippen LogP contribution in [0.2, 0.25) is 0 Å². The molecule has 1 unspecified atom stereocenters. The van der Waals surface area contributed by atoms with E-state index in [0.717, 1.165) is 28.9 Å². The fourth-order valence-electron chi connectivity index (χ4n) is 3.93. The van der Waals surface area contributed by atoms with Gasteiger partial charge in [-0.1, -0.05) is 43.3 Å². The van der Waals surface area contributed by atoms with Gasteiger partial charge in [0.25, 0.3) is 0 Å². The van der Waals surface area contributed by atoms with Gasteiger partial charge in [-0.25, -0.2) is 13.9 Å². The molecule has 1 atom stereocenters. The van der Waals surface area contributed by atoms with Crippen molar-refractivity contribution in [3.8, 4) is 5.69 Å². The molecule has 0 radical (unpaired) electrons. The third-order valence-electron chi connectivity index (χ3n) is 5.77. The Balaban J connectivity index is 1.41. The Morgan fingerprint density at radius 2 is 1.87 bits per heavy atom. The van der Waals surface area contributed by atoms with Crippen molar-refractivity contribution in [3.63, 3.8) is 0 Å². The Bertz CT molecular complexity index is 1100. The summed E-state index contributed by atoms with van der Waals surface area (Å²) < 4.78 is 15.0. The number of carbonyl (C=O) groups excluding carboxylic acids is 1. The van der Waals surface area contributed by atoms with Crippen molar-refractivity contribution < 1.29 is 9.18 Å². The predicted molar refractivity (Wildman–Crippen MR) is 120 cm³/mol. The van der Waals surface area contributed by atoms with E-state index >= 15 is 0 Å². The van der Waals surface area contributed by atoms with Gasteiger partial charge in [0.15, 0.2) is 0 Å². The molecular weight excluding hydrogens is 391 g/mol. The van der Waals surface area contributed by atoms with E-state index in [1.807, 2.05) is 61.1 Å². The van der Waals surface area contributed by atoms with Gasteiger partial charge in [-0.2, -0.15) is 5.10 Å². The fourth-order valence-corrected chi connectivity index (χ4v) is 3.93. The van der Waals surface area contributed by atoms with E-state index < -0.39 is 5.54 Å². The van der Waals surface area contributed by atoms with Gasteiger partial charge in [0, 0.05) is 12.0 Å². The highest BCUT2D eigenvalue weighted by Crippen LogP contribution is 2.33. The molecule has 1 heterocycles. The van der Waals surface area contributed by atoms with Crippen LogP contribution in [0.5, 0.6) is 0 Å². The first-order chi connectivity index (χ1) is 14.8. The Morgan fingerprint density at radius 3 is 2.58 bits per heavy atom. The van der Waals surface area contributed by atoms with Crippen LogP contribution in [0.3, 0.4) is 0 Å². The van der Waals surface area contributed by atoms with Crippen LogP contribution in [0.25, 0.3) is 11.8 Å². The van der Waals surface area contributed by atoms with E-state index in [1.165, 1.54) is 12.1 Å². The molecule has 1 aromatic heterocycles. The molecule has 0 saturated carbocycles. The summed E-state index contributed by atoms with van der Waals surface area (Å²) in [5.74, 6) is -0.271. The van der Waals surface area contributed by atoms with Crippen molar-refractivity contribution >= 4 is 12.1 Å². The van der Waals surface area contributed by atoms with Crippen LogP contribution in [0, 0.1) is 11.2 Å². The molecular formula is C25H27FN4O. The third-order valence-corrected chi connectivity index (χ3v) is 5.77. The standard InChI is InChI=1S/C25H27FN4O/c1-24(2,19-7-5-4-6-8-19)29-23(31)27-17-25(3)14-13-22-18(15-25)16-28-30(22)21-11-9-20(26)10-12-21/h4-14,16H,15,17H2,1-3H3,(H2,27,29,31). The Kier molecular flexibility index (Phi) is 5.39. The second kappa shape index (κ2) is 8.02. The Morgan fingerprint density at radius 1 is 1.16 bits per heavy atom. The van der Waals surface area contributed by atoms with Crippen LogP contribution < -0.4 is 10.6 Å². The summed E-state index contributed by atoms with van der Waals surface area (Å²) in [5.41, 5.74) is 3.25. The summed E-state index contributed by atoms with van der Waals surface area (Å²) in [6.07, 6.45) is 6.74. The average molecular weight is 419 g/mol. The lowest BCUT2D eigenvalue weighted by atomic mass is 9.80. The molecule has 31 heavy (non-hydrogen) atoms. The lowest BCUT2D eigenvalue weighted by Crippen LogP contribution is -2.49. The average Bonchev–Trinajstić information content (AvgIpc) is 3.16.